The van der Waals surface area contributed by atoms with Crippen molar-refractivity contribution in [3.8, 4) is 0 Å². The van der Waals surface area contributed by atoms with Crippen molar-refractivity contribution in [1.29, 1.82) is 0 Å². The van der Waals surface area contributed by atoms with E-state index in [1.165, 1.54) is 0 Å². The fourth-order valence-electron chi connectivity index (χ4n) is 3.29. The number of fused-ring (bicyclic) bond motifs is 2. The summed E-state index contributed by atoms with van der Waals surface area (Å²) in [5.41, 5.74) is 0. The zero-order valence-corrected chi connectivity index (χ0v) is 11.1. The van der Waals surface area contributed by atoms with E-state index in [1.807, 2.05) is 0 Å². The topological polar surface area (TPSA) is 34.1 Å². The predicted molar refractivity (Wildman–Crippen MR) is 66.8 cm³/mol. The van der Waals surface area contributed by atoms with E-state index in [1.54, 1.807) is 0 Å². The van der Waals surface area contributed by atoms with E-state index in [-0.39, 0.29) is 11.8 Å². The third kappa shape index (κ3) is 2.11. The monoisotopic (exact) mass is 242 g/mol. The van der Waals surface area contributed by atoms with Crippen molar-refractivity contribution in [2.45, 2.75) is 62.9 Å². The van der Waals surface area contributed by atoms with Gasteiger partial charge in [0, 0.05) is 33.1 Å². The van der Waals surface area contributed by atoms with Crippen LogP contribution in [0.5, 0.6) is 0 Å². The molecule has 2 saturated heterocycles. The zero-order chi connectivity index (χ0) is 11.7. The average molecular weight is 242 g/mol. The molecule has 2 unspecified atom stereocenters. The number of rotatable bonds is 4. The van der Waals surface area contributed by atoms with Crippen LogP contribution in [-0.4, -0.2) is 20.5 Å². The van der Waals surface area contributed by atoms with Crippen molar-refractivity contribution in [2.24, 2.45) is 11.8 Å². The minimum Gasteiger partial charge on any atom is -0.299 e. The van der Waals surface area contributed by atoms with Gasteiger partial charge in [-0.25, -0.2) is 0 Å². The van der Waals surface area contributed by atoms with Gasteiger partial charge in [-0.2, -0.15) is 0 Å². The summed E-state index contributed by atoms with van der Waals surface area (Å²) in [6.07, 6.45) is 5.90. The molecule has 0 aromatic carbocycles. The molecule has 0 saturated carbocycles. The van der Waals surface area contributed by atoms with Crippen LogP contribution < -0.4 is 0 Å². The molecule has 2 aliphatic rings. The Morgan fingerprint density at radius 3 is 2.12 bits per heavy atom. The Morgan fingerprint density at radius 1 is 1.19 bits per heavy atom. The number of ketones is 1. The maximum atomic E-state index is 12.3. The van der Waals surface area contributed by atoms with Crippen LogP contribution in [0.4, 0.5) is 0 Å². The summed E-state index contributed by atoms with van der Waals surface area (Å²) < 4.78 is 11.9. The van der Waals surface area contributed by atoms with Gasteiger partial charge >= 0.3 is 0 Å². The van der Waals surface area contributed by atoms with Crippen LogP contribution in [0, 0.1) is 11.8 Å². The number of hydrogen-bond acceptors (Lipinski definition) is 2. The average Bonchev–Trinajstić information content (AvgIpc) is 2.54. The second-order valence-corrected chi connectivity index (χ2v) is 7.22. The Kier molecular flexibility index (Phi) is 3.83. The van der Waals surface area contributed by atoms with E-state index >= 15 is 0 Å². The van der Waals surface area contributed by atoms with Gasteiger partial charge in [-0.15, -0.1) is 0 Å². The minimum absolute atomic E-state index is 0.222. The Balaban J connectivity index is 2.02. The summed E-state index contributed by atoms with van der Waals surface area (Å²) in [6, 6.07) is 0. The van der Waals surface area contributed by atoms with Gasteiger partial charge in [0.1, 0.15) is 5.78 Å². The molecule has 16 heavy (non-hydrogen) atoms. The van der Waals surface area contributed by atoms with Crippen LogP contribution in [-0.2, 0) is 15.6 Å². The summed E-state index contributed by atoms with van der Waals surface area (Å²) >= 11 is 0. The fourth-order valence-corrected chi connectivity index (χ4v) is 5.41. The van der Waals surface area contributed by atoms with Gasteiger partial charge in [0.25, 0.3) is 0 Å². The molecule has 0 radical (unpaired) electrons. The van der Waals surface area contributed by atoms with Gasteiger partial charge in [0.15, 0.2) is 0 Å². The van der Waals surface area contributed by atoms with Crippen LogP contribution >= 0.6 is 0 Å². The van der Waals surface area contributed by atoms with Crippen molar-refractivity contribution in [3.05, 3.63) is 0 Å². The maximum absolute atomic E-state index is 12.3. The molecule has 3 heteroatoms. The summed E-state index contributed by atoms with van der Waals surface area (Å²) in [5.74, 6) is 0.926. The summed E-state index contributed by atoms with van der Waals surface area (Å²) in [4.78, 5) is 12.3. The molecule has 0 N–H and O–H groups in total. The molecule has 0 spiro atoms. The third-order valence-corrected chi connectivity index (χ3v) is 6.52. The fraction of sp³-hybridized carbons (Fsp3) is 0.923. The minimum atomic E-state index is -0.625. The maximum Gasteiger partial charge on any atom is 0.139 e. The van der Waals surface area contributed by atoms with Gasteiger partial charge in [0.05, 0.1) is 0 Å². The van der Waals surface area contributed by atoms with E-state index < -0.39 is 10.8 Å². The Bertz CT molecular complexity index is 280. The third-order valence-electron chi connectivity index (χ3n) is 4.35. The molecular formula is C13H22O2S. The van der Waals surface area contributed by atoms with Crippen LogP contribution in [0.2, 0.25) is 0 Å². The van der Waals surface area contributed by atoms with Crippen molar-refractivity contribution >= 4 is 16.6 Å². The van der Waals surface area contributed by atoms with Crippen LogP contribution in [0.1, 0.15) is 52.4 Å². The highest BCUT2D eigenvalue weighted by Crippen LogP contribution is 2.40. The first-order valence-electron chi connectivity index (χ1n) is 6.60. The van der Waals surface area contributed by atoms with E-state index in [0.29, 0.717) is 16.3 Å². The first kappa shape index (κ1) is 12.3. The number of hydrogen-bond donors (Lipinski definition) is 0. The van der Waals surface area contributed by atoms with Crippen LogP contribution in [0.15, 0.2) is 0 Å². The number of Topliss-reactive ketones (excluding diaryl/α,β-unsaturated/α-hetero) is 1. The lowest BCUT2D eigenvalue weighted by atomic mass is 9.84. The van der Waals surface area contributed by atoms with Crippen molar-refractivity contribution in [2.75, 3.05) is 0 Å². The molecule has 0 aromatic rings. The number of carbonyl (C=O) groups is 1. The number of carbonyl (C=O) groups excluding carboxylic acids is 1. The Hall–Kier alpha value is -0.180. The molecule has 92 valence electrons. The van der Waals surface area contributed by atoms with Gasteiger partial charge in [-0.05, 0) is 38.5 Å². The highest BCUT2D eigenvalue weighted by molar-refractivity contribution is 7.86. The van der Waals surface area contributed by atoms with E-state index in [2.05, 4.69) is 13.8 Å². The largest absolute Gasteiger partial charge is 0.299 e. The first-order chi connectivity index (χ1) is 7.67. The van der Waals surface area contributed by atoms with Crippen LogP contribution in [0.3, 0.4) is 0 Å². The molecule has 2 atom stereocenters. The Labute approximate surface area is 101 Å². The standard InChI is InChI=1S/C13H22O2S/c1-3-9(4-2)13(14)10-7-11-5-6-12(8-10)16(11)15/h9-12H,3-8H2,1-2H3. The lowest BCUT2D eigenvalue weighted by Gasteiger charge is -2.28. The second kappa shape index (κ2) is 4.99. The lowest BCUT2D eigenvalue weighted by molar-refractivity contribution is -0.127. The highest BCUT2D eigenvalue weighted by Gasteiger charge is 2.43. The second-order valence-electron chi connectivity index (χ2n) is 5.23. The van der Waals surface area contributed by atoms with Crippen molar-refractivity contribution in [1.82, 2.24) is 0 Å². The molecule has 2 bridgehead atoms. The SMILES string of the molecule is CCC(CC)C(=O)C1CC2CCC(C1)S2=O. The predicted octanol–water partition coefficient (Wildman–Crippen LogP) is 2.68. The molecule has 2 aliphatic heterocycles. The highest BCUT2D eigenvalue weighted by atomic mass is 32.2. The van der Waals surface area contributed by atoms with Gasteiger partial charge in [-0.1, -0.05) is 13.8 Å². The normalized spacial score (nSPS) is 37.9. The molecular weight excluding hydrogens is 220 g/mol. The lowest BCUT2D eigenvalue weighted by Crippen LogP contribution is -2.34. The van der Waals surface area contributed by atoms with Crippen molar-refractivity contribution in [3.63, 3.8) is 0 Å². The summed E-state index contributed by atoms with van der Waals surface area (Å²) in [5, 5.41) is 0.670. The molecule has 2 rings (SSSR count). The quantitative estimate of drug-likeness (QED) is 0.759. The van der Waals surface area contributed by atoms with Gasteiger partial charge in [0.2, 0.25) is 0 Å². The first-order valence-corrected chi connectivity index (χ1v) is 7.88. The van der Waals surface area contributed by atoms with E-state index in [0.717, 1.165) is 38.5 Å². The molecule has 0 aromatic heterocycles. The smallest absolute Gasteiger partial charge is 0.139 e. The van der Waals surface area contributed by atoms with E-state index in [9.17, 15) is 9.00 Å². The van der Waals surface area contributed by atoms with Gasteiger partial charge in [-0.3, -0.25) is 9.00 Å². The molecule has 2 heterocycles. The van der Waals surface area contributed by atoms with Gasteiger partial charge < -0.3 is 0 Å². The zero-order valence-electron chi connectivity index (χ0n) is 10.3. The molecule has 0 amide bonds. The Morgan fingerprint density at radius 2 is 1.69 bits per heavy atom. The molecule has 0 aliphatic carbocycles. The summed E-state index contributed by atoms with van der Waals surface area (Å²) in [7, 11) is -0.625. The van der Waals surface area contributed by atoms with E-state index in [4.69, 9.17) is 0 Å². The molecule has 2 fully saturated rings. The molecule has 2 nitrogen and oxygen atoms in total. The summed E-state index contributed by atoms with van der Waals surface area (Å²) in [6.45, 7) is 4.20. The van der Waals surface area contributed by atoms with Crippen LogP contribution in [0.25, 0.3) is 0 Å². The van der Waals surface area contributed by atoms with Crippen molar-refractivity contribution < 1.29 is 9.00 Å².